The maximum absolute atomic E-state index is 12.2. The molecule has 0 atom stereocenters. The molecule has 7 heteroatoms. The molecule has 0 saturated heterocycles. The normalized spacial score (nSPS) is 10.2. The van der Waals surface area contributed by atoms with Crippen molar-refractivity contribution in [2.75, 3.05) is 30.8 Å². The van der Waals surface area contributed by atoms with Crippen LogP contribution in [0, 0.1) is 0 Å². The van der Waals surface area contributed by atoms with Crippen LogP contribution in [0.15, 0.2) is 42.5 Å². The number of ether oxygens (including phenoxy) is 1. The number of nitrogens with one attached hydrogen (secondary N) is 3. The number of unbranched alkanes of at least 4 members (excludes halogenated alkanes) is 1. The van der Waals surface area contributed by atoms with Gasteiger partial charge < -0.3 is 20.7 Å². The number of carbonyl (C=O) groups excluding carboxylic acids is 2. The first-order valence-electron chi connectivity index (χ1n) is 8.79. The molecule has 6 nitrogen and oxygen atoms in total. The van der Waals surface area contributed by atoms with Gasteiger partial charge in [-0.1, -0.05) is 31.0 Å². The van der Waals surface area contributed by atoms with Crippen LogP contribution < -0.4 is 20.7 Å². The first-order chi connectivity index (χ1) is 13.0. The van der Waals surface area contributed by atoms with E-state index in [-0.39, 0.29) is 18.4 Å². The number of methoxy groups -OCH3 is 1. The van der Waals surface area contributed by atoms with Gasteiger partial charge in [0.1, 0.15) is 5.75 Å². The van der Waals surface area contributed by atoms with Crippen molar-refractivity contribution in [1.29, 1.82) is 0 Å². The summed E-state index contributed by atoms with van der Waals surface area (Å²) in [6, 6.07) is 12.0. The van der Waals surface area contributed by atoms with E-state index in [0.717, 1.165) is 12.8 Å². The van der Waals surface area contributed by atoms with Crippen LogP contribution in [0.5, 0.6) is 5.75 Å². The summed E-state index contributed by atoms with van der Waals surface area (Å²) in [6.07, 6.45) is 1.95. The van der Waals surface area contributed by atoms with Gasteiger partial charge in [-0.25, -0.2) is 0 Å². The van der Waals surface area contributed by atoms with Gasteiger partial charge >= 0.3 is 0 Å². The van der Waals surface area contributed by atoms with Crippen molar-refractivity contribution in [1.82, 2.24) is 5.32 Å². The molecule has 27 heavy (non-hydrogen) atoms. The molecule has 0 radical (unpaired) electrons. The van der Waals surface area contributed by atoms with E-state index in [1.165, 1.54) is 0 Å². The Hall–Kier alpha value is -2.73. The fraction of sp³-hybridized carbons (Fsp3) is 0.300. The summed E-state index contributed by atoms with van der Waals surface area (Å²) in [5.41, 5.74) is 1.79. The first-order valence-corrected chi connectivity index (χ1v) is 9.16. The van der Waals surface area contributed by atoms with Gasteiger partial charge in [-0.3, -0.25) is 9.59 Å². The van der Waals surface area contributed by atoms with Crippen LogP contribution in [0.1, 0.15) is 30.1 Å². The SMILES string of the molecule is CCCCNC(=O)c1cccc(NC(=O)CNc2ccc(OC)c(Cl)c2)c1. The van der Waals surface area contributed by atoms with Crippen LogP contribution in [-0.2, 0) is 4.79 Å². The summed E-state index contributed by atoms with van der Waals surface area (Å²) < 4.78 is 5.09. The van der Waals surface area contributed by atoms with Crippen LogP contribution in [0.4, 0.5) is 11.4 Å². The van der Waals surface area contributed by atoms with Crippen LogP contribution in [0.25, 0.3) is 0 Å². The molecule has 2 aromatic carbocycles. The molecule has 2 rings (SSSR count). The Morgan fingerprint density at radius 1 is 1.11 bits per heavy atom. The Morgan fingerprint density at radius 2 is 1.93 bits per heavy atom. The molecule has 144 valence electrons. The highest BCUT2D eigenvalue weighted by Crippen LogP contribution is 2.27. The predicted molar refractivity (Wildman–Crippen MR) is 109 cm³/mol. The number of anilines is 2. The van der Waals surface area contributed by atoms with Gasteiger partial charge in [-0.2, -0.15) is 0 Å². The minimum Gasteiger partial charge on any atom is -0.495 e. The zero-order valence-corrected chi connectivity index (χ0v) is 16.2. The fourth-order valence-corrected chi connectivity index (χ4v) is 2.64. The van der Waals surface area contributed by atoms with Gasteiger partial charge in [0.2, 0.25) is 5.91 Å². The number of rotatable bonds is 9. The summed E-state index contributed by atoms with van der Waals surface area (Å²) >= 11 is 6.06. The minimum atomic E-state index is -0.231. The molecule has 0 spiro atoms. The number of amides is 2. The summed E-state index contributed by atoms with van der Waals surface area (Å²) in [5.74, 6) is 0.191. The third-order valence-electron chi connectivity index (χ3n) is 3.83. The number of hydrogen-bond donors (Lipinski definition) is 3. The summed E-state index contributed by atoms with van der Waals surface area (Å²) in [5, 5.41) is 9.09. The van der Waals surface area contributed by atoms with Crippen molar-refractivity contribution < 1.29 is 14.3 Å². The Morgan fingerprint density at radius 3 is 2.63 bits per heavy atom. The van der Waals surface area contributed by atoms with E-state index < -0.39 is 0 Å². The van der Waals surface area contributed by atoms with Crippen molar-refractivity contribution in [3.8, 4) is 5.75 Å². The standard InChI is InChI=1S/C20H24ClN3O3/c1-3-4-10-22-20(26)14-6-5-7-16(11-14)24-19(25)13-23-15-8-9-18(27-2)17(21)12-15/h5-9,11-12,23H,3-4,10,13H2,1-2H3,(H,22,26)(H,24,25). The second-order valence-electron chi connectivity index (χ2n) is 5.94. The van der Waals surface area contributed by atoms with Crippen molar-refractivity contribution in [2.45, 2.75) is 19.8 Å². The van der Waals surface area contributed by atoms with Crippen LogP contribution >= 0.6 is 11.6 Å². The quantitative estimate of drug-likeness (QED) is 0.568. The highest BCUT2D eigenvalue weighted by atomic mass is 35.5. The average molecular weight is 390 g/mol. The molecule has 0 aliphatic heterocycles. The number of hydrogen-bond acceptors (Lipinski definition) is 4. The van der Waals surface area contributed by atoms with Crippen molar-refractivity contribution in [3.05, 3.63) is 53.1 Å². The van der Waals surface area contributed by atoms with E-state index >= 15 is 0 Å². The second-order valence-corrected chi connectivity index (χ2v) is 6.35. The van der Waals surface area contributed by atoms with Gasteiger partial charge in [-0.15, -0.1) is 0 Å². The third-order valence-corrected chi connectivity index (χ3v) is 4.12. The maximum Gasteiger partial charge on any atom is 0.251 e. The van der Waals surface area contributed by atoms with E-state index in [0.29, 0.717) is 34.3 Å². The van der Waals surface area contributed by atoms with Crippen molar-refractivity contribution >= 4 is 34.8 Å². The smallest absolute Gasteiger partial charge is 0.251 e. The number of halogens is 1. The van der Waals surface area contributed by atoms with Crippen LogP contribution in [-0.4, -0.2) is 32.0 Å². The van der Waals surface area contributed by atoms with E-state index in [1.54, 1.807) is 49.6 Å². The summed E-state index contributed by atoms with van der Waals surface area (Å²) in [7, 11) is 1.54. The summed E-state index contributed by atoms with van der Waals surface area (Å²) in [4.78, 5) is 24.2. The lowest BCUT2D eigenvalue weighted by Gasteiger charge is -2.10. The summed E-state index contributed by atoms with van der Waals surface area (Å²) in [6.45, 7) is 2.77. The van der Waals surface area contributed by atoms with Gasteiger partial charge in [-0.05, 0) is 42.8 Å². The van der Waals surface area contributed by atoms with Gasteiger partial charge in [0.15, 0.2) is 0 Å². The molecule has 3 N–H and O–H groups in total. The number of carbonyl (C=O) groups is 2. The van der Waals surface area contributed by atoms with Gasteiger partial charge in [0, 0.05) is 23.5 Å². The van der Waals surface area contributed by atoms with Crippen LogP contribution in [0.3, 0.4) is 0 Å². The predicted octanol–water partition coefficient (Wildman–Crippen LogP) is 3.93. The Bertz CT molecular complexity index is 796. The lowest BCUT2D eigenvalue weighted by molar-refractivity contribution is -0.114. The highest BCUT2D eigenvalue weighted by molar-refractivity contribution is 6.32. The lowest BCUT2D eigenvalue weighted by Crippen LogP contribution is -2.25. The Labute approximate surface area is 164 Å². The molecular weight excluding hydrogens is 366 g/mol. The second kappa shape index (κ2) is 10.4. The largest absolute Gasteiger partial charge is 0.495 e. The lowest BCUT2D eigenvalue weighted by atomic mass is 10.2. The number of benzene rings is 2. The molecule has 2 amide bonds. The first kappa shape index (κ1) is 20.6. The van der Waals surface area contributed by atoms with Crippen molar-refractivity contribution in [3.63, 3.8) is 0 Å². The molecule has 0 fully saturated rings. The van der Waals surface area contributed by atoms with Gasteiger partial charge in [0.25, 0.3) is 5.91 Å². The van der Waals surface area contributed by atoms with Crippen LogP contribution in [0.2, 0.25) is 5.02 Å². The molecule has 0 unspecified atom stereocenters. The van der Waals surface area contributed by atoms with Crippen molar-refractivity contribution in [2.24, 2.45) is 0 Å². The maximum atomic E-state index is 12.2. The zero-order valence-electron chi connectivity index (χ0n) is 15.5. The van der Waals surface area contributed by atoms with E-state index in [9.17, 15) is 9.59 Å². The minimum absolute atomic E-state index is 0.0651. The highest BCUT2D eigenvalue weighted by Gasteiger charge is 2.08. The third kappa shape index (κ3) is 6.49. The topological polar surface area (TPSA) is 79.5 Å². The molecule has 0 aliphatic rings. The van der Waals surface area contributed by atoms with E-state index in [1.807, 2.05) is 0 Å². The van der Waals surface area contributed by atoms with E-state index in [2.05, 4.69) is 22.9 Å². The zero-order chi connectivity index (χ0) is 19.6. The molecule has 0 bridgehead atoms. The molecule has 0 heterocycles. The molecular formula is C20H24ClN3O3. The van der Waals surface area contributed by atoms with E-state index in [4.69, 9.17) is 16.3 Å². The molecule has 0 saturated carbocycles. The Balaban J connectivity index is 1.89. The monoisotopic (exact) mass is 389 g/mol. The van der Waals surface area contributed by atoms with Gasteiger partial charge in [0.05, 0.1) is 18.7 Å². The molecule has 0 aliphatic carbocycles. The average Bonchev–Trinajstić information content (AvgIpc) is 2.67. The fourth-order valence-electron chi connectivity index (χ4n) is 2.38. The molecule has 2 aromatic rings. The molecule has 0 aromatic heterocycles. The Kier molecular flexibility index (Phi) is 7.95.